The van der Waals surface area contributed by atoms with Crippen molar-refractivity contribution in [3.63, 3.8) is 0 Å². The lowest BCUT2D eigenvalue weighted by Crippen LogP contribution is -2.34. The number of carbonyl (C=O) groups excluding carboxylic acids is 1. The molecule has 9 heteroatoms. The van der Waals surface area contributed by atoms with Crippen LogP contribution < -0.4 is 16.3 Å². The van der Waals surface area contributed by atoms with Gasteiger partial charge in [-0.15, -0.1) is 0 Å². The molecule has 3 rings (SSSR count). The summed E-state index contributed by atoms with van der Waals surface area (Å²) in [5.74, 6) is -0.396. The lowest BCUT2D eigenvalue weighted by Gasteiger charge is -2.10. The maximum atomic E-state index is 12.3. The number of rotatable bonds is 2. The van der Waals surface area contributed by atoms with Crippen molar-refractivity contribution in [2.45, 2.75) is 0 Å². The predicted molar refractivity (Wildman–Crippen MR) is 107 cm³/mol. The van der Waals surface area contributed by atoms with Crippen LogP contribution in [0.4, 0.5) is 5.69 Å². The molecule has 2 aromatic carbocycles. The SMILES string of the molecule is O=C(NC(=S)Nc1ccc2[nH]c(=O)[nH]c2c1)c1cc(I)ccc1Cl. The second-order valence-electron chi connectivity index (χ2n) is 4.87. The van der Waals surface area contributed by atoms with Gasteiger partial charge in [0.25, 0.3) is 5.91 Å². The number of aromatic amines is 2. The highest BCUT2D eigenvalue weighted by atomic mass is 127. The Hall–Kier alpha value is -1.91. The Bertz CT molecular complexity index is 1010. The van der Waals surface area contributed by atoms with Crippen molar-refractivity contribution in [2.24, 2.45) is 0 Å². The molecule has 0 aliphatic rings. The van der Waals surface area contributed by atoms with E-state index in [1.165, 1.54) is 0 Å². The molecular weight excluding hydrogens is 463 g/mol. The number of hydrogen-bond donors (Lipinski definition) is 4. The fraction of sp³-hybridized carbons (Fsp3) is 0. The Balaban J connectivity index is 1.73. The van der Waals surface area contributed by atoms with E-state index in [4.69, 9.17) is 23.8 Å². The first-order valence-electron chi connectivity index (χ1n) is 6.72. The van der Waals surface area contributed by atoms with Crippen molar-refractivity contribution in [3.8, 4) is 0 Å². The van der Waals surface area contributed by atoms with Gasteiger partial charge >= 0.3 is 5.69 Å². The summed E-state index contributed by atoms with van der Waals surface area (Å²) in [6, 6.07) is 10.3. The Morgan fingerprint density at radius 2 is 1.88 bits per heavy atom. The molecule has 24 heavy (non-hydrogen) atoms. The minimum Gasteiger partial charge on any atom is -0.332 e. The molecule has 1 amide bonds. The third kappa shape index (κ3) is 3.77. The van der Waals surface area contributed by atoms with E-state index in [2.05, 4.69) is 43.2 Å². The molecule has 3 aromatic rings. The molecule has 4 N–H and O–H groups in total. The number of thiocarbonyl (C=S) groups is 1. The summed E-state index contributed by atoms with van der Waals surface area (Å²) < 4.78 is 0.892. The van der Waals surface area contributed by atoms with E-state index in [1.54, 1.807) is 30.3 Å². The summed E-state index contributed by atoms with van der Waals surface area (Å²) in [7, 11) is 0. The monoisotopic (exact) mass is 472 g/mol. The van der Waals surface area contributed by atoms with Crippen LogP contribution in [-0.4, -0.2) is 21.0 Å². The van der Waals surface area contributed by atoms with Gasteiger partial charge in [0, 0.05) is 9.26 Å². The number of amides is 1. The summed E-state index contributed by atoms with van der Waals surface area (Å²) in [6.07, 6.45) is 0. The van der Waals surface area contributed by atoms with Crippen LogP contribution in [-0.2, 0) is 0 Å². The first kappa shape index (κ1) is 16.9. The Kier molecular flexibility index (Phi) is 4.88. The van der Waals surface area contributed by atoms with E-state index in [0.29, 0.717) is 27.3 Å². The van der Waals surface area contributed by atoms with Gasteiger partial charge in [-0.05, 0) is 71.2 Å². The van der Waals surface area contributed by atoms with Crippen molar-refractivity contribution in [3.05, 3.63) is 61.0 Å². The number of imidazole rings is 1. The first-order chi connectivity index (χ1) is 11.4. The molecule has 0 spiro atoms. The number of halogens is 2. The molecule has 0 aliphatic carbocycles. The molecule has 0 saturated heterocycles. The van der Waals surface area contributed by atoms with Gasteiger partial charge in [0.1, 0.15) is 0 Å². The summed E-state index contributed by atoms with van der Waals surface area (Å²) in [6.45, 7) is 0. The minimum atomic E-state index is -0.396. The second kappa shape index (κ2) is 6.91. The van der Waals surface area contributed by atoms with Crippen molar-refractivity contribution in [1.29, 1.82) is 0 Å². The maximum absolute atomic E-state index is 12.3. The third-order valence-corrected chi connectivity index (χ3v) is 4.38. The molecule has 0 unspecified atom stereocenters. The van der Waals surface area contributed by atoms with Gasteiger partial charge < -0.3 is 15.3 Å². The second-order valence-corrected chi connectivity index (χ2v) is 6.93. The summed E-state index contributed by atoms with van der Waals surface area (Å²) >= 11 is 13.3. The van der Waals surface area contributed by atoms with Gasteiger partial charge in [-0.25, -0.2) is 4.79 Å². The smallest absolute Gasteiger partial charge is 0.323 e. The number of hydrogen-bond acceptors (Lipinski definition) is 3. The number of carbonyl (C=O) groups is 1. The fourth-order valence-corrected chi connectivity index (χ4v) is 3.02. The van der Waals surface area contributed by atoms with Gasteiger partial charge in [0.05, 0.1) is 21.6 Å². The summed E-state index contributed by atoms with van der Waals surface area (Å²) in [4.78, 5) is 28.8. The maximum Gasteiger partial charge on any atom is 0.323 e. The Morgan fingerprint density at radius 1 is 1.12 bits per heavy atom. The highest BCUT2D eigenvalue weighted by Crippen LogP contribution is 2.19. The van der Waals surface area contributed by atoms with Crippen molar-refractivity contribution in [2.75, 3.05) is 5.32 Å². The summed E-state index contributed by atoms with van der Waals surface area (Å²) in [5, 5.41) is 5.96. The van der Waals surface area contributed by atoms with Crippen molar-refractivity contribution >= 4 is 74.2 Å². The van der Waals surface area contributed by atoms with Crippen LogP contribution in [0.1, 0.15) is 10.4 Å². The zero-order chi connectivity index (χ0) is 17.3. The van der Waals surface area contributed by atoms with E-state index < -0.39 is 5.91 Å². The van der Waals surface area contributed by atoms with Crippen LogP contribution >= 0.6 is 46.4 Å². The normalized spacial score (nSPS) is 10.6. The van der Waals surface area contributed by atoms with Gasteiger partial charge in [-0.3, -0.25) is 10.1 Å². The average Bonchev–Trinajstić information content (AvgIpc) is 2.88. The topological polar surface area (TPSA) is 89.8 Å². The van der Waals surface area contributed by atoms with E-state index in [0.717, 1.165) is 3.57 Å². The molecule has 0 fully saturated rings. The van der Waals surface area contributed by atoms with Crippen LogP contribution in [0.25, 0.3) is 11.0 Å². The molecule has 1 aromatic heterocycles. The van der Waals surface area contributed by atoms with Crippen LogP contribution in [0.5, 0.6) is 0 Å². The standard InChI is InChI=1S/C15H10ClIN4O2S/c16-10-3-1-7(17)5-9(10)13(22)21-15(24)18-8-2-4-11-12(6-8)20-14(23)19-11/h1-6H,(H2,19,20,23)(H2,18,21,22,24). The zero-order valence-corrected chi connectivity index (χ0v) is 15.7. The lowest BCUT2D eigenvalue weighted by molar-refractivity contribution is 0.0978. The average molecular weight is 473 g/mol. The number of aromatic nitrogens is 2. The van der Waals surface area contributed by atoms with Crippen LogP contribution in [0.2, 0.25) is 5.02 Å². The largest absolute Gasteiger partial charge is 0.332 e. The number of benzene rings is 2. The van der Waals surface area contributed by atoms with E-state index >= 15 is 0 Å². The van der Waals surface area contributed by atoms with Crippen molar-refractivity contribution < 1.29 is 4.79 Å². The quantitative estimate of drug-likeness (QED) is 0.341. The van der Waals surface area contributed by atoms with Crippen molar-refractivity contribution in [1.82, 2.24) is 15.3 Å². The van der Waals surface area contributed by atoms with Crippen LogP contribution in [0, 0.1) is 3.57 Å². The minimum absolute atomic E-state index is 0.132. The molecule has 0 radical (unpaired) electrons. The number of nitrogens with one attached hydrogen (secondary N) is 4. The lowest BCUT2D eigenvalue weighted by atomic mass is 10.2. The molecule has 0 aliphatic heterocycles. The van der Waals surface area contributed by atoms with Gasteiger partial charge in [0.2, 0.25) is 0 Å². The van der Waals surface area contributed by atoms with Gasteiger partial charge in [0.15, 0.2) is 5.11 Å². The van der Waals surface area contributed by atoms with E-state index in [9.17, 15) is 9.59 Å². The predicted octanol–water partition coefficient (Wildman–Crippen LogP) is 3.24. The zero-order valence-electron chi connectivity index (χ0n) is 11.9. The first-order valence-corrected chi connectivity index (χ1v) is 8.58. The summed E-state index contributed by atoms with van der Waals surface area (Å²) in [5.41, 5.74) is 2.02. The Morgan fingerprint density at radius 3 is 2.67 bits per heavy atom. The molecule has 0 saturated carbocycles. The molecule has 6 nitrogen and oxygen atoms in total. The fourth-order valence-electron chi connectivity index (χ4n) is 2.11. The number of H-pyrrole nitrogens is 2. The Labute approximate surface area is 160 Å². The van der Waals surface area contributed by atoms with E-state index in [1.807, 2.05) is 6.07 Å². The highest BCUT2D eigenvalue weighted by Gasteiger charge is 2.12. The number of anilines is 1. The molecule has 0 atom stereocenters. The molecular formula is C15H10ClIN4O2S. The molecule has 1 heterocycles. The highest BCUT2D eigenvalue weighted by molar-refractivity contribution is 14.1. The van der Waals surface area contributed by atoms with Gasteiger partial charge in [-0.1, -0.05) is 11.6 Å². The molecule has 122 valence electrons. The molecule has 0 bridgehead atoms. The van der Waals surface area contributed by atoms with Gasteiger partial charge in [-0.2, -0.15) is 0 Å². The van der Waals surface area contributed by atoms with Crippen LogP contribution in [0.3, 0.4) is 0 Å². The third-order valence-electron chi connectivity index (χ3n) is 3.17. The van der Waals surface area contributed by atoms with E-state index in [-0.39, 0.29) is 10.8 Å². The van der Waals surface area contributed by atoms with Crippen LogP contribution in [0.15, 0.2) is 41.2 Å². The number of fused-ring (bicyclic) bond motifs is 1.